The average Bonchev–Trinajstić information content (AvgIpc) is 2.23. The van der Waals surface area contributed by atoms with Gasteiger partial charge >= 0.3 is 6.09 Å². The fourth-order valence-corrected chi connectivity index (χ4v) is 1.34. The van der Waals surface area contributed by atoms with Gasteiger partial charge in [0.05, 0.1) is 6.61 Å². The van der Waals surface area contributed by atoms with Gasteiger partial charge in [-0.2, -0.15) is 0 Å². The summed E-state index contributed by atoms with van der Waals surface area (Å²) in [5, 5.41) is 17.6. The first-order chi connectivity index (χ1) is 7.97. The molecular formula is C13H23NO3. The Bertz CT molecular complexity index is 291. The normalized spacial score (nSPS) is 11.2. The first-order valence-corrected chi connectivity index (χ1v) is 5.85. The molecule has 0 fully saturated rings. The van der Waals surface area contributed by atoms with Crippen LogP contribution in [0.1, 0.15) is 33.6 Å². The van der Waals surface area contributed by atoms with Crippen LogP contribution in [-0.2, 0) is 0 Å². The third kappa shape index (κ3) is 8.51. The monoisotopic (exact) mass is 241 g/mol. The summed E-state index contributed by atoms with van der Waals surface area (Å²) in [6.07, 6.45) is 5.01. The van der Waals surface area contributed by atoms with E-state index < -0.39 is 6.09 Å². The average molecular weight is 241 g/mol. The number of carbonyl (C=O) groups is 1. The topological polar surface area (TPSA) is 60.8 Å². The van der Waals surface area contributed by atoms with Crippen molar-refractivity contribution in [3.8, 4) is 0 Å². The second-order valence-electron chi connectivity index (χ2n) is 4.32. The molecule has 1 amide bonds. The highest BCUT2D eigenvalue weighted by atomic mass is 16.4. The highest BCUT2D eigenvalue weighted by Crippen LogP contribution is 2.06. The number of aliphatic hydroxyl groups is 1. The van der Waals surface area contributed by atoms with Crippen LogP contribution in [0.3, 0.4) is 0 Å². The Hall–Kier alpha value is -1.29. The molecule has 0 saturated carbocycles. The number of aliphatic hydroxyl groups excluding tert-OH is 1. The van der Waals surface area contributed by atoms with E-state index in [1.165, 1.54) is 16.0 Å². The van der Waals surface area contributed by atoms with Crippen LogP contribution >= 0.6 is 0 Å². The molecule has 0 rings (SSSR count). The molecule has 0 aliphatic carbocycles. The molecule has 0 aromatic carbocycles. The van der Waals surface area contributed by atoms with Crippen molar-refractivity contribution in [2.75, 3.05) is 19.7 Å². The second kappa shape index (κ2) is 8.82. The van der Waals surface area contributed by atoms with Crippen molar-refractivity contribution in [1.82, 2.24) is 4.90 Å². The maximum absolute atomic E-state index is 10.8. The fourth-order valence-electron chi connectivity index (χ4n) is 1.34. The van der Waals surface area contributed by atoms with E-state index >= 15 is 0 Å². The number of nitrogens with zero attached hydrogens (tertiary/aromatic N) is 1. The van der Waals surface area contributed by atoms with Crippen LogP contribution in [0, 0.1) is 0 Å². The number of carboxylic acid groups (broad SMARTS) is 1. The van der Waals surface area contributed by atoms with Gasteiger partial charge in [-0.3, -0.25) is 0 Å². The first-order valence-electron chi connectivity index (χ1n) is 5.85. The zero-order chi connectivity index (χ0) is 13.3. The molecule has 0 aromatic heterocycles. The van der Waals surface area contributed by atoms with Crippen molar-refractivity contribution in [2.45, 2.75) is 33.6 Å². The number of allylic oxidation sites excluding steroid dienone is 3. The molecule has 0 saturated heterocycles. The SMILES string of the molecule is CC(C)=CCC/C(C)=C/CN(CCO)C(=O)O. The molecule has 0 aliphatic rings. The van der Waals surface area contributed by atoms with E-state index in [0.29, 0.717) is 6.54 Å². The van der Waals surface area contributed by atoms with Gasteiger partial charge < -0.3 is 15.1 Å². The van der Waals surface area contributed by atoms with Gasteiger partial charge in [-0.1, -0.05) is 23.3 Å². The van der Waals surface area contributed by atoms with Crippen LogP contribution in [0.5, 0.6) is 0 Å². The van der Waals surface area contributed by atoms with Gasteiger partial charge in [0.25, 0.3) is 0 Å². The predicted molar refractivity (Wildman–Crippen MR) is 69.1 cm³/mol. The molecule has 0 unspecified atom stereocenters. The molecule has 0 atom stereocenters. The van der Waals surface area contributed by atoms with E-state index in [4.69, 9.17) is 10.2 Å². The summed E-state index contributed by atoms with van der Waals surface area (Å²) in [6, 6.07) is 0. The maximum atomic E-state index is 10.8. The Morgan fingerprint density at radius 2 is 1.88 bits per heavy atom. The molecule has 98 valence electrons. The van der Waals surface area contributed by atoms with Crippen molar-refractivity contribution in [2.24, 2.45) is 0 Å². The minimum atomic E-state index is -0.993. The van der Waals surface area contributed by atoms with Crippen LogP contribution < -0.4 is 0 Å². The van der Waals surface area contributed by atoms with Crippen LogP contribution in [0.4, 0.5) is 4.79 Å². The minimum Gasteiger partial charge on any atom is -0.465 e. The lowest BCUT2D eigenvalue weighted by molar-refractivity contribution is 0.137. The zero-order valence-corrected chi connectivity index (χ0v) is 10.9. The van der Waals surface area contributed by atoms with E-state index in [9.17, 15) is 4.79 Å². The summed E-state index contributed by atoms with van der Waals surface area (Å²) in [4.78, 5) is 12.0. The molecule has 2 N–H and O–H groups in total. The summed E-state index contributed by atoms with van der Waals surface area (Å²) in [7, 11) is 0. The Kier molecular flexibility index (Phi) is 8.15. The lowest BCUT2D eigenvalue weighted by atomic mass is 10.1. The quantitative estimate of drug-likeness (QED) is 0.674. The number of amides is 1. The van der Waals surface area contributed by atoms with Gasteiger partial charge in [0.15, 0.2) is 0 Å². The zero-order valence-electron chi connectivity index (χ0n) is 10.9. The van der Waals surface area contributed by atoms with E-state index in [1.807, 2.05) is 13.0 Å². The number of rotatable bonds is 7. The summed E-state index contributed by atoms with van der Waals surface area (Å²) in [5.41, 5.74) is 2.47. The second-order valence-corrected chi connectivity index (χ2v) is 4.32. The fraction of sp³-hybridized carbons (Fsp3) is 0.615. The van der Waals surface area contributed by atoms with Crippen LogP contribution in [-0.4, -0.2) is 40.9 Å². The highest BCUT2D eigenvalue weighted by Gasteiger charge is 2.08. The molecular weight excluding hydrogens is 218 g/mol. The molecule has 0 aromatic rings. The van der Waals surface area contributed by atoms with Crippen molar-refractivity contribution in [1.29, 1.82) is 0 Å². The first kappa shape index (κ1) is 15.7. The van der Waals surface area contributed by atoms with E-state index in [0.717, 1.165) is 12.8 Å². The lowest BCUT2D eigenvalue weighted by Gasteiger charge is -2.15. The summed E-state index contributed by atoms with van der Waals surface area (Å²) in [5.74, 6) is 0. The highest BCUT2D eigenvalue weighted by molar-refractivity contribution is 5.65. The molecule has 0 spiro atoms. The smallest absolute Gasteiger partial charge is 0.407 e. The lowest BCUT2D eigenvalue weighted by Crippen LogP contribution is -2.32. The van der Waals surface area contributed by atoms with Crippen molar-refractivity contribution < 1.29 is 15.0 Å². The van der Waals surface area contributed by atoms with Gasteiger partial charge in [-0.25, -0.2) is 4.79 Å². The Balaban J connectivity index is 4.10. The molecule has 17 heavy (non-hydrogen) atoms. The van der Waals surface area contributed by atoms with Gasteiger partial charge in [-0.05, 0) is 33.6 Å². The molecule has 4 nitrogen and oxygen atoms in total. The van der Waals surface area contributed by atoms with Crippen LogP contribution in [0.15, 0.2) is 23.3 Å². The van der Waals surface area contributed by atoms with Gasteiger partial charge in [0.2, 0.25) is 0 Å². The number of hydrogen-bond acceptors (Lipinski definition) is 2. The molecule has 0 bridgehead atoms. The van der Waals surface area contributed by atoms with Crippen LogP contribution in [0.25, 0.3) is 0 Å². The third-order valence-electron chi connectivity index (χ3n) is 2.39. The number of hydrogen-bond donors (Lipinski definition) is 2. The van der Waals surface area contributed by atoms with Gasteiger partial charge in [0, 0.05) is 13.1 Å². The van der Waals surface area contributed by atoms with E-state index in [1.54, 1.807) is 0 Å². The summed E-state index contributed by atoms with van der Waals surface area (Å²) >= 11 is 0. The summed E-state index contributed by atoms with van der Waals surface area (Å²) in [6.45, 7) is 6.48. The molecule has 0 radical (unpaired) electrons. The van der Waals surface area contributed by atoms with Gasteiger partial charge in [0.1, 0.15) is 0 Å². The van der Waals surface area contributed by atoms with Crippen molar-refractivity contribution in [3.63, 3.8) is 0 Å². The van der Waals surface area contributed by atoms with Gasteiger partial charge in [-0.15, -0.1) is 0 Å². The minimum absolute atomic E-state index is 0.142. The van der Waals surface area contributed by atoms with Crippen LogP contribution in [0.2, 0.25) is 0 Å². The molecule has 0 aliphatic heterocycles. The largest absolute Gasteiger partial charge is 0.465 e. The predicted octanol–water partition coefficient (Wildman–Crippen LogP) is 2.65. The standard InChI is InChI=1S/C13H23NO3/c1-11(2)5-4-6-12(3)7-8-14(9-10-15)13(16)17/h5,7,15H,4,6,8-10H2,1-3H3,(H,16,17)/b12-7+. The van der Waals surface area contributed by atoms with Crippen molar-refractivity contribution >= 4 is 6.09 Å². The maximum Gasteiger partial charge on any atom is 0.407 e. The summed E-state index contributed by atoms with van der Waals surface area (Å²) < 4.78 is 0. The Labute approximate surface area is 103 Å². The van der Waals surface area contributed by atoms with E-state index in [2.05, 4.69) is 19.9 Å². The Morgan fingerprint density at radius 3 is 2.35 bits per heavy atom. The van der Waals surface area contributed by atoms with E-state index in [-0.39, 0.29) is 13.2 Å². The third-order valence-corrected chi connectivity index (χ3v) is 2.39. The van der Waals surface area contributed by atoms with Crippen molar-refractivity contribution in [3.05, 3.63) is 23.3 Å². The Morgan fingerprint density at radius 1 is 1.24 bits per heavy atom. The molecule has 4 heteroatoms. The molecule has 0 heterocycles.